The summed E-state index contributed by atoms with van der Waals surface area (Å²) in [5.41, 5.74) is 1.10. The van der Waals surface area contributed by atoms with E-state index in [1.54, 1.807) is 23.1 Å². The molecule has 0 bridgehead atoms. The third-order valence-corrected chi connectivity index (χ3v) is 7.90. The third kappa shape index (κ3) is 3.60. The highest BCUT2D eigenvalue weighted by Crippen LogP contribution is 2.26. The average molecular weight is 399 g/mol. The SMILES string of the molecule is Cc1cc(C(=O)N2CCN(S(=O)(=O)c3ccccc3Cl)CC2)sc1C. The maximum atomic E-state index is 12.7. The van der Waals surface area contributed by atoms with E-state index in [0.717, 1.165) is 10.4 Å². The Bertz CT molecular complexity index is 881. The van der Waals surface area contributed by atoms with Crippen molar-refractivity contribution in [2.45, 2.75) is 18.7 Å². The first-order valence-corrected chi connectivity index (χ1v) is 10.5. The second-order valence-electron chi connectivity index (χ2n) is 5.98. The lowest BCUT2D eigenvalue weighted by molar-refractivity contribution is 0.0702. The zero-order valence-corrected chi connectivity index (χ0v) is 16.4. The molecule has 0 aliphatic carbocycles. The summed E-state index contributed by atoms with van der Waals surface area (Å²) < 4.78 is 26.9. The molecule has 1 saturated heterocycles. The number of piperazine rings is 1. The zero-order chi connectivity index (χ0) is 18.2. The number of amides is 1. The van der Waals surface area contributed by atoms with Crippen molar-refractivity contribution >= 4 is 38.9 Å². The van der Waals surface area contributed by atoms with Crippen LogP contribution < -0.4 is 0 Å². The van der Waals surface area contributed by atoms with Gasteiger partial charge in [0.1, 0.15) is 4.90 Å². The van der Waals surface area contributed by atoms with Crippen molar-refractivity contribution < 1.29 is 13.2 Å². The summed E-state index contributed by atoms with van der Waals surface area (Å²) in [7, 11) is -3.64. The Morgan fingerprint density at radius 3 is 2.32 bits per heavy atom. The molecule has 1 aliphatic heterocycles. The van der Waals surface area contributed by atoms with Gasteiger partial charge in [-0.05, 0) is 37.6 Å². The largest absolute Gasteiger partial charge is 0.335 e. The number of hydrogen-bond donors (Lipinski definition) is 0. The van der Waals surface area contributed by atoms with Crippen LogP contribution in [0.1, 0.15) is 20.1 Å². The lowest BCUT2D eigenvalue weighted by Crippen LogP contribution is -2.50. The predicted molar refractivity (Wildman–Crippen MR) is 99.9 cm³/mol. The van der Waals surface area contributed by atoms with Crippen LogP contribution in [0.25, 0.3) is 0 Å². The van der Waals surface area contributed by atoms with Gasteiger partial charge in [0.15, 0.2) is 0 Å². The Kier molecular flexibility index (Phi) is 5.20. The first kappa shape index (κ1) is 18.4. The summed E-state index contributed by atoms with van der Waals surface area (Å²) in [5, 5.41) is 0.213. The molecule has 0 radical (unpaired) electrons. The molecule has 8 heteroatoms. The number of carbonyl (C=O) groups excluding carboxylic acids is 1. The highest BCUT2D eigenvalue weighted by molar-refractivity contribution is 7.89. The summed E-state index contributed by atoms with van der Waals surface area (Å²) in [6, 6.07) is 8.32. The normalized spacial score (nSPS) is 16.2. The van der Waals surface area contributed by atoms with Crippen LogP contribution in [0.4, 0.5) is 0 Å². The summed E-state index contributed by atoms with van der Waals surface area (Å²) in [4.78, 5) is 16.3. The molecule has 1 aromatic heterocycles. The minimum absolute atomic E-state index is 0.0315. The van der Waals surface area contributed by atoms with Crippen LogP contribution in [0.5, 0.6) is 0 Å². The van der Waals surface area contributed by atoms with Crippen LogP contribution in [0.2, 0.25) is 5.02 Å². The Labute approximate surface area is 156 Å². The molecule has 5 nitrogen and oxygen atoms in total. The first-order valence-electron chi connectivity index (χ1n) is 7.91. The van der Waals surface area contributed by atoms with Crippen LogP contribution in [0.15, 0.2) is 35.2 Å². The average Bonchev–Trinajstić information content (AvgIpc) is 2.93. The fourth-order valence-electron chi connectivity index (χ4n) is 2.76. The molecule has 0 spiro atoms. The van der Waals surface area contributed by atoms with Gasteiger partial charge in [-0.15, -0.1) is 11.3 Å². The van der Waals surface area contributed by atoms with Crippen molar-refractivity contribution in [3.05, 3.63) is 50.7 Å². The van der Waals surface area contributed by atoms with E-state index in [1.807, 2.05) is 19.9 Å². The number of carbonyl (C=O) groups is 1. The molecule has 1 fully saturated rings. The second-order valence-corrected chi connectivity index (χ2v) is 9.55. The Morgan fingerprint density at radius 2 is 1.76 bits per heavy atom. The lowest BCUT2D eigenvalue weighted by Gasteiger charge is -2.33. The first-order chi connectivity index (χ1) is 11.8. The summed E-state index contributed by atoms with van der Waals surface area (Å²) in [6.45, 7) is 5.25. The van der Waals surface area contributed by atoms with Gasteiger partial charge in [0.05, 0.1) is 9.90 Å². The van der Waals surface area contributed by atoms with E-state index in [-0.39, 0.29) is 28.9 Å². The fraction of sp³-hybridized carbons (Fsp3) is 0.353. The van der Waals surface area contributed by atoms with E-state index in [4.69, 9.17) is 11.6 Å². The molecular weight excluding hydrogens is 380 g/mol. The van der Waals surface area contributed by atoms with Crippen LogP contribution in [-0.4, -0.2) is 49.7 Å². The number of sulfonamides is 1. The van der Waals surface area contributed by atoms with E-state index in [9.17, 15) is 13.2 Å². The zero-order valence-electron chi connectivity index (χ0n) is 14.0. The number of rotatable bonds is 3. The minimum atomic E-state index is -3.64. The van der Waals surface area contributed by atoms with Crippen LogP contribution in [-0.2, 0) is 10.0 Å². The van der Waals surface area contributed by atoms with Crippen molar-refractivity contribution in [3.8, 4) is 0 Å². The second kappa shape index (κ2) is 7.07. The summed E-state index contributed by atoms with van der Waals surface area (Å²) >= 11 is 7.52. The van der Waals surface area contributed by atoms with Gasteiger partial charge in [0.2, 0.25) is 10.0 Å². The number of hydrogen-bond acceptors (Lipinski definition) is 4. The van der Waals surface area contributed by atoms with Gasteiger partial charge < -0.3 is 4.90 Å². The van der Waals surface area contributed by atoms with Crippen molar-refractivity contribution in [2.24, 2.45) is 0 Å². The number of thiophene rings is 1. The Balaban J connectivity index is 1.71. The quantitative estimate of drug-likeness (QED) is 0.797. The molecule has 1 amide bonds. The number of nitrogens with zero attached hydrogens (tertiary/aromatic N) is 2. The number of halogens is 1. The molecule has 1 aromatic carbocycles. The van der Waals surface area contributed by atoms with Crippen molar-refractivity contribution in [2.75, 3.05) is 26.2 Å². The van der Waals surface area contributed by atoms with E-state index in [0.29, 0.717) is 18.0 Å². The topological polar surface area (TPSA) is 57.7 Å². The van der Waals surface area contributed by atoms with E-state index < -0.39 is 10.0 Å². The van der Waals surface area contributed by atoms with E-state index >= 15 is 0 Å². The van der Waals surface area contributed by atoms with Crippen LogP contribution in [0.3, 0.4) is 0 Å². The number of aryl methyl sites for hydroxylation is 2. The van der Waals surface area contributed by atoms with Crippen molar-refractivity contribution in [1.29, 1.82) is 0 Å². The lowest BCUT2D eigenvalue weighted by atomic mass is 10.2. The van der Waals surface area contributed by atoms with Gasteiger partial charge >= 0.3 is 0 Å². The van der Waals surface area contributed by atoms with Gasteiger partial charge in [-0.2, -0.15) is 4.31 Å². The van der Waals surface area contributed by atoms with Gasteiger partial charge in [0, 0.05) is 31.1 Å². The Hall–Kier alpha value is -1.41. The molecule has 0 N–H and O–H groups in total. The third-order valence-electron chi connectivity index (χ3n) is 4.36. The number of benzene rings is 1. The van der Waals surface area contributed by atoms with Crippen molar-refractivity contribution in [1.82, 2.24) is 9.21 Å². The minimum Gasteiger partial charge on any atom is -0.335 e. The molecule has 1 aliphatic rings. The molecule has 25 heavy (non-hydrogen) atoms. The van der Waals surface area contributed by atoms with E-state index in [1.165, 1.54) is 21.7 Å². The smallest absolute Gasteiger partial charge is 0.264 e. The molecule has 2 heterocycles. The fourth-order valence-corrected chi connectivity index (χ4v) is 5.68. The van der Waals surface area contributed by atoms with Gasteiger partial charge in [0.25, 0.3) is 5.91 Å². The highest BCUT2D eigenvalue weighted by atomic mass is 35.5. The van der Waals surface area contributed by atoms with Crippen LogP contribution in [0, 0.1) is 13.8 Å². The standard InChI is InChI=1S/C17H19ClN2O3S2/c1-12-11-15(24-13(12)2)17(21)19-7-9-20(10-8-19)25(22,23)16-6-4-3-5-14(16)18/h3-6,11H,7-10H2,1-2H3. The molecular formula is C17H19ClN2O3S2. The molecule has 0 unspecified atom stereocenters. The van der Waals surface area contributed by atoms with Gasteiger partial charge in [-0.1, -0.05) is 23.7 Å². The van der Waals surface area contributed by atoms with Crippen LogP contribution >= 0.6 is 22.9 Å². The molecule has 0 saturated carbocycles. The maximum absolute atomic E-state index is 12.7. The molecule has 3 rings (SSSR count). The molecule has 2 aromatic rings. The van der Waals surface area contributed by atoms with Gasteiger partial charge in [-0.25, -0.2) is 8.42 Å². The summed E-state index contributed by atoms with van der Waals surface area (Å²) in [6.07, 6.45) is 0. The summed E-state index contributed by atoms with van der Waals surface area (Å²) in [5.74, 6) is -0.0315. The monoisotopic (exact) mass is 398 g/mol. The maximum Gasteiger partial charge on any atom is 0.264 e. The van der Waals surface area contributed by atoms with Crippen molar-refractivity contribution in [3.63, 3.8) is 0 Å². The Morgan fingerprint density at radius 1 is 1.12 bits per heavy atom. The predicted octanol–water partition coefficient (Wildman–Crippen LogP) is 3.17. The molecule has 134 valence electrons. The highest BCUT2D eigenvalue weighted by Gasteiger charge is 2.31. The van der Waals surface area contributed by atoms with E-state index in [2.05, 4.69) is 0 Å². The molecule has 0 atom stereocenters. The van der Waals surface area contributed by atoms with Gasteiger partial charge in [-0.3, -0.25) is 4.79 Å².